The minimum Gasteiger partial charge on any atom is -0.320 e. The van der Waals surface area contributed by atoms with Crippen LogP contribution in [0.25, 0.3) is 0 Å². The maximum Gasteiger partial charge on any atom is 0.170 e. The van der Waals surface area contributed by atoms with Gasteiger partial charge in [0.1, 0.15) is 0 Å². The average Bonchev–Trinajstić information content (AvgIpc) is 2.04. The number of rotatable bonds is 7. The van der Waals surface area contributed by atoms with Gasteiger partial charge < -0.3 is 15.4 Å². The normalized spacial score (nSPS) is 12.8. The highest BCUT2D eigenvalue weighted by molar-refractivity contribution is 6.59. The Labute approximate surface area is 75.7 Å². The Balaban J connectivity index is 3.38. The van der Waals surface area contributed by atoms with Crippen molar-refractivity contribution in [3.8, 4) is 0 Å². The molecule has 0 aromatic rings. The van der Waals surface area contributed by atoms with E-state index in [1.807, 2.05) is 7.05 Å². The zero-order valence-electron chi connectivity index (χ0n) is 7.89. The lowest BCUT2D eigenvalue weighted by Gasteiger charge is -2.12. The summed E-state index contributed by atoms with van der Waals surface area (Å²) in [6.45, 7) is 0.995. The number of unbranched alkanes of at least 4 members (excludes halogenated alkanes) is 1. The van der Waals surface area contributed by atoms with E-state index in [1.54, 1.807) is 7.05 Å². The fourth-order valence-corrected chi connectivity index (χ4v) is 1.08. The van der Waals surface area contributed by atoms with Crippen LogP contribution in [0.1, 0.15) is 19.3 Å². The highest BCUT2D eigenvalue weighted by atomic mass is 16.1. The van der Waals surface area contributed by atoms with E-state index >= 15 is 0 Å². The molecular weight excluding hydrogens is 151 g/mol. The Bertz CT molecular complexity index is 130. The van der Waals surface area contributed by atoms with E-state index < -0.39 is 0 Å². The highest BCUT2D eigenvalue weighted by Crippen LogP contribution is 1.99. The fraction of sp³-hybridized carbons (Fsp3) is 0.875. The first-order valence-corrected chi connectivity index (χ1v) is 4.33. The summed E-state index contributed by atoms with van der Waals surface area (Å²) in [4.78, 5) is 10.7. The second-order valence-electron chi connectivity index (χ2n) is 2.84. The van der Waals surface area contributed by atoms with E-state index in [1.165, 1.54) is 0 Å². The van der Waals surface area contributed by atoms with Gasteiger partial charge in [0.25, 0.3) is 0 Å². The number of hydrogen-bond acceptors (Lipinski definition) is 3. The SMILES string of the molecule is [B]C(=O)C(CCCCNC)NC. The zero-order chi connectivity index (χ0) is 9.40. The molecule has 0 aliphatic rings. The lowest BCUT2D eigenvalue weighted by atomic mass is 9.91. The van der Waals surface area contributed by atoms with Crippen LogP contribution in [0.5, 0.6) is 0 Å². The third kappa shape index (κ3) is 5.32. The summed E-state index contributed by atoms with van der Waals surface area (Å²) >= 11 is 0. The molecule has 0 heterocycles. The van der Waals surface area contributed by atoms with Crippen molar-refractivity contribution in [3.05, 3.63) is 0 Å². The molecule has 0 bridgehead atoms. The van der Waals surface area contributed by atoms with Crippen molar-refractivity contribution in [3.63, 3.8) is 0 Å². The summed E-state index contributed by atoms with van der Waals surface area (Å²) in [6.07, 6.45) is 2.94. The number of likely N-dealkylation sites (N-methyl/N-ethyl adjacent to an activating group) is 1. The van der Waals surface area contributed by atoms with Crippen LogP contribution >= 0.6 is 0 Å². The van der Waals surface area contributed by atoms with E-state index in [4.69, 9.17) is 7.85 Å². The van der Waals surface area contributed by atoms with Crippen molar-refractivity contribution in [2.24, 2.45) is 0 Å². The van der Waals surface area contributed by atoms with Crippen LogP contribution < -0.4 is 10.6 Å². The fourth-order valence-electron chi connectivity index (χ4n) is 1.08. The minimum atomic E-state index is -0.262. The van der Waals surface area contributed by atoms with Gasteiger partial charge >= 0.3 is 0 Å². The van der Waals surface area contributed by atoms with Crippen LogP contribution in [0.4, 0.5) is 0 Å². The van der Waals surface area contributed by atoms with E-state index in [0.717, 1.165) is 25.8 Å². The van der Waals surface area contributed by atoms with Gasteiger partial charge in [-0.1, -0.05) is 6.42 Å². The number of carbonyl (C=O) groups is 1. The summed E-state index contributed by atoms with van der Waals surface area (Å²) in [5.74, 6) is 0. The largest absolute Gasteiger partial charge is 0.320 e. The van der Waals surface area contributed by atoms with Crippen molar-refractivity contribution in [1.29, 1.82) is 0 Å². The maximum atomic E-state index is 10.7. The molecule has 0 aromatic heterocycles. The molecule has 0 rings (SSSR count). The van der Waals surface area contributed by atoms with Crippen LogP contribution in [0.3, 0.4) is 0 Å². The molecule has 3 nitrogen and oxygen atoms in total. The van der Waals surface area contributed by atoms with Crippen LogP contribution in [-0.2, 0) is 4.79 Å². The molecule has 0 spiro atoms. The van der Waals surface area contributed by atoms with Crippen molar-refractivity contribution in [2.45, 2.75) is 25.3 Å². The van der Waals surface area contributed by atoms with Crippen LogP contribution in [0, 0.1) is 0 Å². The molecule has 0 aromatic carbocycles. The smallest absolute Gasteiger partial charge is 0.170 e. The van der Waals surface area contributed by atoms with E-state index in [9.17, 15) is 4.79 Å². The molecule has 0 fully saturated rings. The standard InChI is InChI=1S/C8H17BN2O/c1-10-6-4-3-5-7(11-2)8(9)12/h7,10-11H,3-6H2,1-2H3. The lowest BCUT2D eigenvalue weighted by molar-refractivity contribution is -0.113. The van der Waals surface area contributed by atoms with Crippen molar-refractivity contribution in [1.82, 2.24) is 10.6 Å². The van der Waals surface area contributed by atoms with Gasteiger partial charge in [0, 0.05) is 0 Å². The van der Waals surface area contributed by atoms with Crippen molar-refractivity contribution >= 4 is 13.5 Å². The van der Waals surface area contributed by atoms with Gasteiger partial charge in [0.2, 0.25) is 0 Å². The molecule has 2 N–H and O–H groups in total. The lowest BCUT2D eigenvalue weighted by Crippen LogP contribution is -2.34. The van der Waals surface area contributed by atoms with Crippen LogP contribution in [0.15, 0.2) is 0 Å². The van der Waals surface area contributed by atoms with Gasteiger partial charge in [-0.2, -0.15) is 0 Å². The minimum absolute atomic E-state index is 0.165. The summed E-state index contributed by atoms with van der Waals surface area (Å²) in [5, 5.41) is 5.94. The molecule has 0 amide bonds. The Morgan fingerprint density at radius 3 is 2.50 bits per heavy atom. The molecule has 0 aliphatic carbocycles. The van der Waals surface area contributed by atoms with Gasteiger partial charge in [-0.15, -0.1) is 0 Å². The third-order valence-electron chi connectivity index (χ3n) is 1.86. The Kier molecular flexibility index (Phi) is 7.10. The first-order valence-electron chi connectivity index (χ1n) is 4.33. The predicted molar refractivity (Wildman–Crippen MR) is 51.4 cm³/mol. The molecule has 68 valence electrons. The van der Waals surface area contributed by atoms with Gasteiger partial charge in [0.15, 0.2) is 7.85 Å². The van der Waals surface area contributed by atoms with E-state index in [-0.39, 0.29) is 11.7 Å². The van der Waals surface area contributed by atoms with Crippen molar-refractivity contribution < 1.29 is 4.79 Å². The third-order valence-corrected chi connectivity index (χ3v) is 1.86. The number of hydrogen-bond donors (Lipinski definition) is 2. The second kappa shape index (κ2) is 7.31. The summed E-state index contributed by atoms with van der Waals surface area (Å²) in [7, 11) is 8.82. The predicted octanol–water partition coefficient (Wildman–Crippen LogP) is -0.341. The summed E-state index contributed by atoms with van der Waals surface area (Å²) < 4.78 is 0. The molecule has 2 radical (unpaired) electrons. The molecule has 0 aliphatic heterocycles. The van der Waals surface area contributed by atoms with Crippen LogP contribution in [-0.4, -0.2) is 40.2 Å². The van der Waals surface area contributed by atoms with Gasteiger partial charge in [-0.3, -0.25) is 0 Å². The van der Waals surface area contributed by atoms with Gasteiger partial charge in [0.05, 0.1) is 11.7 Å². The Morgan fingerprint density at radius 2 is 2.08 bits per heavy atom. The first kappa shape index (κ1) is 11.7. The summed E-state index contributed by atoms with van der Waals surface area (Å²) in [6, 6.07) is -0.165. The van der Waals surface area contributed by atoms with Gasteiger partial charge in [-0.25, -0.2) is 0 Å². The zero-order valence-corrected chi connectivity index (χ0v) is 7.89. The molecule has 1 unspecified atom stereocenters. The molecular formula is C8H17BN2O. The molecule has 12 heavy (non-hydrogen) atoms. The Hall–Kier alpha value is -0.345. The maximum absolute atomic E-state index is 10.7. The highest BCUT2D eigenvalue weighted by Gasteiger charge is 2.08. The van der Waals surface area contributed by atoms with Gasteiger partial charge in [-0.05, 0) is 33.5 Å². The first-order chi connectivity index (χ1) is 5.72. The molecule has 0 saturated heterocycles. The molecule has 1 atom stereocenters. The topological polar surface area (TPSA) is 41.1 Å². The Morgan fingerprint density at radius 1 is 1.42 bits per heavy atom. The quantitative estimate of drug-likeness (QED) is 0.403. The van der Waals surface area contributed by atoms with E-state index in [0.29, 0.717) is 0 Å². The van der Waals surface area contributed by atoms with E-state index in [2.05, 4.69) is 10.6 Å². The average molecular weight is 168 g/mol. The number of carbonyl (C=O) groups excluding carboxylic acids is 1. The monoisotopic (exact) mass is 168 g/mol. The number of nitrogens with one attached hydrogen (secondary N) is 2. The molecule has 0 saturated carbocycles. The molecule has 4 heteroatoms. The second-order valence-corrected chi connectivity index (χ2v) is 2.84. The summed E-state index contributed by atoms with van der Waals surface area (Å²) in [5.41, 5.74) is -0.262. The van der Waals surface area contributed by atoms with Crippen LogP contribution in [0.2, 0.25) is 0 Å². The van der Waals surface area contributed by atoms with Crippen molar-refractivity contribution in [2.75, 3.05) is 20.6 Å².